The number of carbonyl (C=O) groups excluding carboxylic acids is 2. The average Bonchev–Trinajstić information content (AvgIpc) is 3.37. The van der Waals surface area contributed by atoms with Crippen LogP contribution in [0.25, 0.3) is 6.08 Å². The Kier molecular flexibility index (Phi) is 11.4. The standard InChI is InChI=1S/C33H35ClO6S/c1-7-39-28-18-22(11-15-27(28)40-33(37)29-16-17-30(34)41-29)10-14-26(35)25-19-23(12-8-20(2)3)32(38-6)24(31(25)36)13-9-21(4)5/h8-11,14-19,36H,7,12-13H2,1-6H3/b14-10+. The summed E-state index contributed by atoms with van der Waals surface area (Å²) in [4.78, 5) is 26.3. The molecule has 1 aromatic heterocycles. The third-order valence-corrected chi connectivity index (χ3v) is 7.22. The lowest BCUT2D eigenvalue weighted by molar-refractivity contribution is 0.0733. The number of ether oxygens (including phenoxy) is 3. The highest BCUT2D eigenvalue weighted by atomic mass is 35.5. The van der Waals surface area contributed by atoms with Gasteiger partial charge in [0.2, 0.25) is 0 Å². The van der Waals surface area contributed by atoms with Crippen molar-refractivity contribution in [2.75, 3.05) is 13.7 Å². The van der Waals surface area contributed by atoms with Crippen molar-refractivity contribution in [3.8, 4) is 23.0 Å². The first-order valence-electron chi connectivity index (χ1n) is 13.2. The molecule has 0 saturated carbocycles. The minimum atomic E-state index is -0.538. The molecule has 0 saturated heterocycles. The number of hydrogen-bond acceptors (Lipinski definition) is 7. The number of phenols is 1. The second-order valence-corrected chi connectivity index (χ2v) is 11.5. The fourth-order valence-corrected chi connectivity index (χ4v) is 4.91. The van der Waals surface area contributed by atoms with Gasteiger partial charge in [-0.05, 0) is 95.0 Å². The number of benzene rings is 2. The topological polar surface area (TPSA) is 82.1 Å². The van der Waals surface area contributed by atoms with Crippen LogP contribution in [0.2, 0.25) is 4.34 Å². The highest BCUT2D eigenvalue weighted by Gasteiger charge is 2.21. The maximum Gasteiger partial charge on any atom is 0.353 e. The quantitative estimate of drug-likeness (QED) is 0.0743. The van der Waals surface area contributed by atoms with Crippen molar-refractivity contribution in [1.29, 1.82) is 0 Å². The third-order valence-electron chi connectivity index (χ3n) is 6.01. The lowest BCUT2D eigenvalue weighted by Gasteiger charge is -2.17. The third kappa shape index (κ3) is 8.59. The molecule has 0 radical (unpaired) electrons. The Hall–Kier alpha value is -3.81. The molecule has 0 bridgehead atoms. The van der Waals surface area contributed by atoms with Crippen LogP contribution in [0.3, 0.4) is 0 Å². The summed E-state index contributed by atoms with van der Waals surface area (Å²) in [5, 5.41) is 11.2. The molecule has 0 aliphatic carbocycles. The van der Waals surface area contributed by atoms with Gasteiger partial charge in [0.15, 0.2) is 17.3 Å². The molecule has 2 aromatic carbocycles. The maximum absolute atomic E-state index is 13.4. The van der Waals surface area contributed by atoms with Crippen LogP contribution in [0.4, 0.5) is 0 Å². The molecule has 6 nitrogen and oxygen atoms in total. The summed E-state index contributed by atoms with van der Waals surface area (Å²) < 4.78 is 17.4. The van der Waals surface area contributed by atoms with Crippen molar-refractivity contribution < 1.29 is 28.9 Å². The molecule has 0 amide bonds. The van der Waals surface area contributed by atoms with Crippen LogP contribution in [0, 0.1) is 0 Å². The summed E-state index contributed by atoms with van der Waals surface area (Å²) in [6.07, 6.45) is 8.07. The first kappa shape index (κ1) is 31.7. The van der Waals surface area contributed by atoms with Crippen LogP contribution in [0.5, 0.6) is 23.0 Å². The maximum atomic E-state index is 13.4. The van der Waals surface area contributed by atoms with E-state index in [0.717, 1.165) is 28.0 Å². The van der Waals surface area contributed by atoms with E-state index in [0.29, 0.717) is 51.3 Å². The van der Waals surface area contributed by atoms with Crippen LogP contribution in [0.1, 0.15) is 71.3 Å². The van der Waals surface area contributed by atoms with Gasteiger partial charge >= 0.3 is 5.97 Å². The molecular formula is C33H35ClO6S. The van der Waals surface area contributed by atoms with Gasteiger partial charge < -0.3 is 19.3 Å². The van der Waals surface area contributed by atoms with Gasteiger partial charge in [-0.15, -0.1) is 11.3 Å². The zero-order valence-corrected chi connectivity index (χ0v) is 25.7. The summed E-state index contributed by atoms with van der Waals surface area (Å²) in [6, 6.07) is 9.94. The van der Waals surface area contributed by atoms with Gasteiger partial charge in [0.05, 0.1) is 23.6 Å². The number of hydrogen-bond donors (Lipinski definition) is 1. The number of phenolic OH excluding ortho intramolecular Hbond substituents is 1. The van der Waals surface area contributed by atoms with Crippen molar-refractivity contribution in [3.63, 3.8) is 0 Å². The largest absolute Gasteiger partial charge is 0.507 e. The van der Waals surface area contributed by atoms with Gasteiger partial charge in [0.25, 0.3) is 0 Å². The van der Waals surface area contributed by atoms with Crippen molar-refractivity contribution in [3.05, 3.63) is 97.2 Å². The lowest BCUT2D eigenvalue weighted by Crippen LogP contribution is -2.08. The normalized spacial score (nSPS) is 10.8. The number of aromatic hydroxyl groups is 1. The molecule has 0 aliphatic rings. The summed E-state index contributed by atoms with van der Waals surface area (Å²) >= 11 is 7.06. The Labute approximate surface area is 250 Å². The fourth-order valence-electron chi connectivity index (χ4n) is 3.99. The monoisotopic (exact) mass is 594 g/mol. The molecule has 3 aromatic rings. The second-order valence-electron chi connectivity index (χ2n) is 9.74. The van der Waals surface area contributed by atoms with E-state index >= 15 is 0 Å². The predicted molar refractivity (Wildman–Crippen MR) is 166 cm³/mol. The number of methoxy groups -OCH3 is 1. The molecular weight excluding hydrogens is 560 g/mol. The number of rotatable bonds is 12. The molecule has 216 valence electrons. The Balaban J connectivity index is 1.94. The summed E-state index contributed by atoms with van der Waals surface area (Å²) in [5.74, 6) is 0.202. The van der Waals surface area contributed by atoms with Crippen molar-refractivity contribution >= 4 is 40.8 Å². The molecule has 0 atom stereocenters. The highest BCUT2D eigenvalue weighted by molar-refractivity contribution is 7.17. The van der Waals surface area contributed by atoms with Gasteiger partial charge in [-0.2, -0.15) is 0 Å². The van der Waals surface area contributed by atoms with E-state index in [1.165, 1.54) is 6.08 Å². The number of esters is 1. The zero-order valence-electron chi connectivity index (χ0n) is 24.2. The molecule has 8 heteroatoms. The Morgan fingerprint density at radius 2 is 1.68 bits per heavy atom. The molecule has 0 unspecified atom stereocenters. The van der Waals surface area contributed by atoms with Crippen LogP contribution in [-0.4, -0.2) is 30.6 Å². The van der Waals surface area contributed by atoms with Gasteiger partial charge in [-0.1, -0.05) is 47.0 Å². The number of thiophene rings is 1. The minimum Gasteiger partial charge on any atom is -0.507 e. The van der Waals surface area contributed by atoms with E-state index in [-0.39, 0.29) is 22.8 Å². The summed E-state index contributed by atoms with van der Waals surface area (Å²) in [7, 11) is 1.57. The van der Waals surface area contributed by atoms with Crippen LogP contribution < -0.4 is 14.2 Å². The predicted octanol–water partition coefficient (Wildman–Crippen LogP) is 8.65. The second kappa shape index (κ2) is 14.7. The van der Waals surface area contributed by atoms with Crippen molar-refractivity contribution in [1.82, 2.24) is 0 Å². The zero-order chi connectivity index (χ0) is 30.1. The highest BCUT2D eigenvalue weighted by Crippen LogP contribution is 2.37. The van der Waals surface area contributed by atoms with Gasteiger partial charge in [-0.25, -0.2) is 4.79 Å². The Bertz CT molecular complexity index is 1500. The first-order chi connectivity index (χ1) is 19.5. The van der Waals surface area contributed by atoms with Crippen LogP contribution in [-0.2, 0) is 12.8 Å². The van der Waals surface area contributed by atoms with Crippen molar-refractivity contribution in [2.45, 2.75) is 47.5 Å². The minimum absolute atomic E-state index is 0.0964. The van der Waals surface area contributed by atoms with E-state index in [4.69, 9.17) is 25.8 Å². The lowest BCUT2D eigenvalue weighted by atomic mass is 9.94. The molecule has 41 heavy (non-hydrogen) atoms. The SMILES string of the molecule is CCOc1cc(/C=C/C(=O)c2cc(CC=C(C)C)c(OC)c(CC=C(C)C)c2O)ccc1OC(=O)c1ccc(Cl)s1. The first-order valence-corrected chi connectivity index (χ1v) is 14.4. The molecule has 0 fully saturated rings. The van der Waals surface area contributed by atoms with E-state index in [9.17, 15) is 14.7 Å². The van der Waals surface area contributed by atoms with Gasteiger partial charge in [-0.3, -0.25) is 4.79 Å². The molecule has 0 spiro atoms. The number of allylic oxidation sites excluding steroid dienone is 5. The van der Waals surface area contributed by atoms with Crippen molar-refractivity contribution in [2.24, 2.45) is 0 Å². The number of ketones is 1. The molecule has 0 aliphatic heterocycles. The average molecular weight is 595 g/mol. The molecule has 3 rings (SSSR count). The molecule has 1 N–H and O–H groups in total. The van der Waals surface area contributed by atoms with Gasteiger partial charge in [0, 0.05) is 5.56 Å². The van der Waals surface area contributed by atoms with Crippen LogP contribution >= 0.6 is 22.9 Å². The van der Waals surface area contributed by atoms with Gasteiger partial charge in [0.1, 0.15) is 16.4 Å². The number of halogens is 1. The van der Waals surface area contributed by atoms with E-state index < -0.39 is 5.97 Å². The van der Waals surface area contributed by atoms with E-state index in [1.54, 1.807) is 49.6 Å². The van der Waals surface area contributed by atoms with E-state index in [1.807, 2.05) is 40.7 Å². The summed E-state index contributed by atoms with van der Waals surface area (Å²) in [5.41, 5.74) is 4.47. The molecule has 1 heterocycles. The fraction of sp³-hybridized carbons (Fsp3) is 0.273. The Morgan fingerprint density at radius 1 is 0.976 bits per heavy atom. The smallest absolute Gasteiger partial charge is 0.353 e. The van der Waals surface area contributed by atoms with Crippen LogP contribution in [0.15, 0.2) is 65.8 Å². The number of carbonyl (C=O) groups is 2. The van der Waals surface area contributed by atoms with E-state index in [2.05, 4.69) is 6.08 Å². The Morgan fingerprint density at radius 3 is 2.29 bits per heavy atom. The summed E-state index contributed by atoms with van der Waals surface area (Å²) in [6.45, 7) is 10.1.